The number of benzene rings is 1. The largest absolute Gasteiger partial charge is 0.382 e. The smallest absolute Gasteiger partial charge is 0.0375 e. The molecule has 0 saturated heterocycles. The van der Waals surface area contributed by atoms with Crippen LogP contribution in [0.5, 0.6) is 0 Å². The van der Waals surface area contributed by atoms with Crippen LogP contribution in [-0.4, -0.2) is 18.6 Å². The predicted molar refractivity (Wildman–Crippen MR) is 81.8 cm³/mol. The molecule has 0 spiro atoms. The lowest BCUT2D eigenvalue weighted by atomic mass is 9.95. The quantitative estimate of drug-likeness (QED) is 0.863. The first-order valence-corrected chi connectivity index (χ1v) is 7.93. The first kappa shape index (κ1) is 13.0. The highest BCUT2D eigenvalue weighted by Crippen LogP contribution is 2.26. The monoisotopic (exact) mass is 258 g/mol. The zero-order valence-corrected chi connectivity index (χ0v) is 12.0. The number of nitrogens with one attached hydrogen (secondary N) is 2. The van der Waals surface area contributed by atoms with E-state index < -0.39 is 0 Å². The highest BCUT2D eigenvalue weighted by Gasteiger charge is 2.16. The Hall–Kier alpha value is -1.02. The third-order valence-electron chi connectivity index (χ3n) is 4.55. The molecule has 1 fully saturated rings. The van der Waals surface area contributed by atoms with Crippen LogP contribution in [0.2, 0.25) is 0 Å². The predicted octanol–water partition coefficient (Wildman–Crippen LogP) is 3.51. The molecule has 0 bridgehead atoms. The van der Waals surface area contributed by atoms with Crippen molar-refractivity contribution in [2.45, 2.75) is 64.0 Å². The Morgan fingerprint density at radius 1 is 1.21 bits per heavy atom. The Bertz CT molecular complexity index is 421. The summed E-state index contributed by atoms with van der Waals surface area (Å²) in [5, 5.41) is 7.25. The zero-order chi connectivity index (χ0) is 13.1. The minimum atomic E-state index is 0.602. The summed E-state index contributed by atoms with van der Waals surface area (Å²) in [6, 6.07) is 8.32. The van der Waals surface area contributed by atoms with E-state index >= 15 is 0 Å². The molecule has 19 heavy (non-hydrogen) atoms. The molecule has 0 amide bonds. The van der Waals surface area contributed by atoms with Gasteiger partial charge in [-0.25, -0.2) is 0 Å². The van der Waals surface area contributed by atoms with Gasteiger partial charge in [-0.1, -0.05) is 31.4 Å². The average Bonchev–Trinajstić information content (AvgIpc) is 2.79. The van der Waals surface area contributed by atoms with E-state index in [1.165, 1.54) is 55.3 Å². The molecule has 3 rings (SSSR count). The number of fused-ring (bicyclic) bond motifs is 1. The van der Waals surface area contributed by atoms with Crippen molar-refractivity contribution in [2.75, 3.05) is 11.9 Å². The van der Waals surface area contributed by atoms with Crippen molar-refractivity contribution in [3.05, 3.63) is 29.3 Å². The molecule has 2 N–H and O–H groups in total. The van der Waals surface area contributed by atoms with Crippen molar-refractivity contribution < 1.29 is 0 Å². The minimum Gasteiger partial charge on any atom is -0.382 e. The lowest BCUT2D eigenvalue weighted by Crippen LogP contribution is -2.32. The van der Waals surface area contributed by atoms with Crippen LogP contribution in [0.25, 0.3) is 0 Å². The van der Waals surface area contributed by atoms with Gasteiger partial charge in [-0.2, -0.15) is 0 Å². The number of anilines is 1. The molecule has 1 unspecified atom stereocenters. The molecule has 1 aliphatic carbocycles. The maximum absolute atomic E-state index is 3.73. The highest BCUT2D eigenvalue weighted by molar-refractivity contribution is 5.57. The normalized spacial score (nSPS) is 23.1. The Morgan fingerprint density at radius 3 is 2.89 bits per heavy atom. The molecule has 1 aromatic rings. The summed E-state index contributed by atoms with van der Waals surface area (Å²) in [4.78, 5) is 0. The van der Waals surface area contributed by atoms with Gasteiger partial charge >= 0.3 is 0 Å². The van der Waals surface area contributed by atoms with Gasteiger partial charge < -0.3 is 10.6 Å². The molecule has 1 atom stereocenters. The Labute approximate surface area is 117 Å². The Kier molecular flexibility index (Phi) is 4.07. The summed E-state index contributed by atoms with van der Waals surface area (Å²) in [6.45, 7) is 3.39. The fourth-order valence-electron chi connectivity index (χ4n) is 3.49. The molecule has 1 aromatic carbocycles. The second kappa shape index (κ2) is 5.96. The van der Waals surface area contributed by atoms with E-state index in [-0.39, 0.29) is 0 Å². The minimum absolute atomic E-state index is 0.602. The fraction of sp³-hybridized carbons (Fsp3) is 0.647. The molecular weight excluding hydrogens is 232 g/mol. The van der Waals surface area contributed by atoms with Gasteiger partial charge in [0.25, 0.3) is 0 Å². The van der Waals surface area contributed by atoms with Crippen LogP contribution in [-0.2, 0) is 12.8 Å². The van der Waals surface area contributed by atoms with Gasteiger partial charge in [0.05, 0.1) is 0 Å². The van der Waals surface area contributed by atoms with Crippen LogP contribution in [0, 0.1) is 0 Å². The van der Waals surface area contributed by atoms with Crippen molar-refractivity contribution in [3.8, 4) is 0 Å². The lowest BCUT2D eigenvalue weighted by molar-refractivity contribution is 0.375. The van der Waals surface area contributed by atoms with Crippen LogP contribution >= 0.6 is 0 Å². The SMILES string of the molecule is CC1Cc2cc(CCNC3CCCCC3)ccc2N1. The van der Waals surface area contributed by atoms with E-state index in [4.69, 9.17) is 0 Å². The van der Waals surface area contributed by atoms with E-state index in [0.29, 0.717) is 6.04 Å². The van der Waals surface area contributed by atoms with Gasteiger partial charge in [0.2, 0.25) is 0 Å². The second-order valence-electron chi connectivity index (χ2n) is 6.28. The maximum Gasteiger partial charge on any atom is 0.0375 e. The molecule has 2 nitrogen and oxygen atoms in total. The summed E-state index contributed by atoms with van der Waals surface area (Å²) in [7, 11) is 0. The molecule has 0 radical (unpaired) electrons. The molecule has 0 aromatic heterocycles. The first-order valence-electron chi connectivity index (χ1n) is 7.93. The molecule has 2 heteroatoms. The molecule has 1 heterocycles. The van der Waals surface area contributed by atoms with Crippen LogP contribution in [0.15, 0.2) is 18.2 Å². The fourth-order valence-corrected chi connectivity index (χ4v) is 3.49. The molecule has 2 aliphatic rings. The summed E-state index contributed by atoms with van der Waals surface area (Å²) in [5.74, 6) is 0. The second-order valence-corrected chi connectivity index (χ2v) is 6.28. The molecule has 104 valence electrons. The topological polar surface area (TPSA) is 24.1 Å². The van der Waals surface area contributed by atoms with Crippen LogP contribution in [0.3, 0.4) is 0 Å². The number of hydrogen-bond donors (Lipinski definition) is 2. The van der Waals surface area contributed by atoms with Crippen molar-refractivity contribution >= 4 is 5.69 Å². The van der Waals surface area contributed by atoms with Gasteiger partial charge in [0.15, 0.2) is 0 Å². The van der Waals surface area contributed by atoms with Crippen LogP contribution < -0.4 is 10.6 Å². The third kappa shape index (κ3) is 3.30. The van der Waals surface area contributed by atoms with E-state index in [0.717, 1.165) is 19.0 Å². The van der Waals surface area contributed by atoms with Gasteiger partial charge in [-0.15, -0.1) is 0 Å². The molecular formula is C17H26N2. The first-order chi connectivity index (χ1) is 9.31. The highest BCUT2D eigenvalue weighted by atomic mass is 14.9. The lowest BCUT2D eigenvalue weighted by Gasteiger charge is -2.22. The van der Waals surface area contributed by atoms with E-state index in [2.05, 4.69) is 35.8 Å². The molecule has 1 aliphatic heterocycles. The molecule has 1 saturated carbocycles. The van der Waals surface area contributed by atoms with Crippen LogP contribution in [0.4, 0.5) is 5.69 Å². The Balaban J connectivity index is 1.49. The van der Waals surface area contributed by atoms with E-state index in [1.54, 1.807) is 0 Å². The van der Waals surface area contributed by atoms with Crippen molar-refractivity contribution in [3.63, 3.8) is 0 Å². The van der Waals surface area contributed by atoms with Crippen molar-refractivity contribution in [1.82, 2.24) is 5.32 Å². The summed E-state index contributed by atoms with van der Waals surface area (Å²) < 4.78 is 0. The van der Waals surface area contributed by atoms with E-state index in [1.807, 2.05) is 0 Å². The van der Waals surface area contributed by atoms with Gasteiger partial charge in [-0.05, 0) is 56.3 Å². The maximum atomic E-state index is 3.73. The summed E-state index contributed by atoms with van der Waals surface area (Å²) >= 11 is 0. The zero-order valence-electron chi connectivity index (χ0n) is 12.0. The number of hydrogen-bond acceptors (Lipinski definition) is 2. The van der Waals surface area contributed by atoms with E-state index in [9.17, 15) is 0 Å². The van der Waals surface area contributed by atoms with Gasteiger partial charge in [-0.3, -0.25) is 0 Å². The van der Waals surface area contributed by atoms with Crippen molar-refractivity contribution in [2.24, 2.45) is 0 Å². The average molecular weight is 258 g/mol. The Morgan fingerprint density at radius 2 is 2.05 bits per heavy atom. The number of rotatable bonds is 4. The van der Waals surface area contributed by atoms with Crippen LogP contribution in [0.1, 0.15) is 50.2 Å². The third-order valence-corrected chi connectivity index (χ3v) is 4.55. The summed E-state index contributed by atoms with van der Waals surface area (Å²) in [6.07, 6.45) is 9.38. The van der Waals surface area contributed by atoms with Gasteiger partial charge in [0, 0.05) is 17.8 Å². The standard InChI is InChI=1S/C17H26N2/c1-13-11-15-12-14(7-8-17(15)19-13)9-10-18-16-5-3-2-4-6-16/h7-8,12-13,16,18-19H,2-6,9-11H2,1H3. The summed E-state index contributed by atoms with van der Waals surface area (Å²) in [5.41, 5.74) is 4.33. The van der Waals surface area contributed by atoms with Crippen molar-refractivity contribution in [1.29, 1.82) is 0 Å². The van der Waals surface area contributed by atoms with Gasteiger partial charge in [0.1, 0.15) is 0 Å².